The van der Waals surface area contributed by atoms with E-state index in [0.29, 0.717) is 5.91 Å². The Morgan fingerprint density at radius 2 is 1.68 bits per heavy atom. The summed E-state index contributed by atoms with van der Waals surface area (Å²) in [4.78, 5) is 28.8. The van der Waals surface area contributed by atoms with E-state index >= 15 is 0 Å². The van der Waals surface area contributed by atoms with Crippen LogP contribution in [-0.2, 0) is 9.59 Å². The van der Waals surface area contributed by atoms with E-state index in [1.54, 1.807) is 0 Å². The van der Waals surface area contributed by atoms with E-state index in [-0.39, 0.29) is 17.4 Å². The second-order valence-electron chi connectivity index (χ2n) is 10.2. The number of hydrogen-bond donors (Lipinski definition) is 1. The Labute approximate surface area is 168 Å². The van der Waals surface area contributed by atoms with E-state index in [0.717, 1.165) is 73.2 Å². The number of amides is 2. The maximum atomic E-state index is 13.7. The first-order valence-electron chi connectivity index (χ1n) is 11.1. The summed E-state index contributed by atoms with van der Waals surface area (Å²) in [6.45, 7) is 4.79. The molecule has 1 N–H and O–H groups in total. The first kappa shape index (κ1) is 18.2. The van der Waals surface area contributed by atoms with Crippen LogP contribution in [0.4, 0.5) is 5.69 Å². The minimum Gasteiger partial charge on any atom is -0.330 e. The van der Waals surface area contributed by atoms with Crippen LogP contribution in [-0.4, -0.2) is 29.3 Å². The average molecular weight is 381 g/mol. The Bertz CT molecular complexity index is 780. The number of benzene rings is 1. The number of nitrogens with zero attached hydrogens (tertiary/aromatic N) is 1. The van der Waals surface area contributed by atoms with Crippen molar-refractivity contribution in [1.29, 1.82) is 0 Å². The molecular formula is C24H32N2O2. The minimum atomic E-state index is -0.305. The number of anilines is 1. The van der Waals surface area contributed by atoms with Gasteiger partial charge in [-0.05, 0) is 100 Å². The third-order valence-electron chi connectivity index (χ3n) is 7.96. The van der Waals surface area contributed by atoms with Crippen molar-refractivity contribution < 1.29 is 9.59 Å². The van der Waals surface area contributed by atoms with Crippen molar-refractivity contribution in [3.05, 3.63) is 29.3 Å². The summed E-state index contributed by atoms with van der Waals surface area (Å²) in [5, 5.41) is 3.12. The van der Waals surface area contributed by atoms with Crippen LogP contribution < -0.4 is 5.32 Å². The molecule has 5 aliphatic rings. The van der Waals surface area contributed by atoms with Crippen molar-refractivity contribution in [2.75, 3.05) is 11.9 Å². The molecular weight excluding hydrogens is 348 g/mol. The van der Waals surface area contributed by atoms with Gasteiger partial charge in [-0.3, -0.25) is 9.59 Å². The first-order chi connectivity index (χ1) is 13.4. The molecule has 6 rings (SSSR count). The monoisotopic (exact) mass is 380 g/mol. The molecule has 28 heavy (non-hydrogen) atoms. The van der Waals surface area contributed by atoms with Gasteiger partial charge < -0.3 is 10.2 Å². The molecule has 4 bridgehead atoms. The van der Waals surface area contributed by atoms with Crippen molar-refractivity contribution in [2.24, 2.45) is 23.2 Å². The van der Waals surface area contributed by atoms with E-state index in [9.17, 15) is 9.59 Å². The van der Waals surface area contributed by atoms with Crippen molar-refractivity contribution in [1.82, 2.24) is 4.90 Å². The predicted octanol–water partition coefficient (Wildman–Crippen LogP) is 4.45. The zero-order valence-corrected chi connectivity index (χ0v) is 17.2. The normalized spacial score (nSPS) is 36.0. The second kappa shape index (κ2) is 6.60. The molecule has 5 fully saturated rings. The van der Waals surface area contributed by atoms with E-state index in [2.05, 4.69) is 11.4 Å². The summed E-state index contributed by atoms with van der Waals surface area (Å²) < 4.78 is 0. The number of carbonyl (C=O) groups is 2. The summed E-state index contributed by atoms with van der Waals surface area (Å²) in [6.07, 6.45) is 8.94. The van der Waals surface area contributed by atoms with Crippen LogP contribution in [0.5, 0.6) is 0 Å². The van der Waals surface area contributed by atoms with Gasteiger partial charge in [0.25, 0.3) is 0 Å². The van der Waals surface area contributed by atoms with Gasteiger partial charge in [-0.1, -0.05) is 12.1 Å². The number of carbonyl (C=O) groups excluding carboxylic acids is 2. The second-order valence-corrected chi connectivity index (χ2v) is 10.2. The molecule has 0 unspecified atom stereocenters. The van der Waals surface area contributed by atoms with Gasteiger partial charge in [0, 0.05) is 12.2 Å². The Morgan fingerprint density at radius 3 is 2.32 bits per heavy atom. The molecule has 1 saturated heterocycles. The van der Waals surface area contributed by atoms with Crippen LogP contribution in [0.15, 0.2) is 18.2 Å². The maximum absolute atomic E-state index is 13.7. The zero-order chi connectivity index (χ0) is 19.5. The number of hydrogen-bond acceptors (Lipinski definition) is 2. The molecule has 4 heteroatoms. The smallest absolute Gasteiger partial charge is 0.247 e. The van der Waals surface area contributed by atoms with Crippen LogP contribution in [0.1, 0.15) is 62.5 Å². The van der Waals surface area contributed by atoms with Gasteiger partial charge in [-0.2, -0.15) is 0 Å². The number of nitrogens with one attached hydrogen (secondary N) is 1. The third kappa shape index (κ3) is 2.96. The molecule has 1 aromatic rings. The van der Waals surface area contributed by atoms with Crippen LogP contribution in [0.2, 0.25) is 0 Å². The van der Waals surface area contributed by atoms with E-state index in [4.69, 9.17) is 0 Å². The third-order valence-corrected chi connectivity index (χ3v) is 7.96. The zero-order valence-electron chi connectivity index (χ0n) is 17.2. The highest BCUT2D eigenvalue weighted by Gasteiger charge is 2.56. The summed E-state index contributed by atoms with van der Waals surface area (Å²) in [5.41, 5.74) is 2.92. The topological polar surface area (TPSA) is 49.4 Å². The molecule has 1 aromatic carbocycles. The van der Waals surface area contributed by atoms with Gasteiger partial charge >= 0.3 is 0 Å². The quantitative estimate of drug-likeness (QED) is 0.842. The molecule has 4 aliphatic carbocycles. The lowest BCUT2D eigenvalue weighted by molar-refractivity contribution is -0.160. The summed E-state index contributed by atoms with van der Waals surface area (Å²) >= 11 is 0. The molecule has 0 spiro atoms. The van der Waals surface area contributed by atoms with Crippen molar-refractivity contribution in [3.8, 4) is 0 Å². The molecule has 150 valence electrons. The van der Waals surface area contributed by atoms with E-state index in [1.165, 1.54) is 19.3 Å². The van der Waals surface area contributed by atoms with Crippen molar-refractivity contribution in [3.63, 3.8) is 0 Å². The lowest BCUT2D eigenvalue weighted by Crippen LogP contribution is -2.56. The lowest BCUT2D eigenvalue weighted by atomic mass is 9.49. The Balaban J connectivity index is 1.34. The highest BCUT2D eigenvalue weighted by atomic mass is 16.2. The van der Waals surface area contributed by atoms with Gasteiger partial charge in [0.1, 0.15) is 6.04 Å². The maximum Gasteiger partial charge on any atom is 0.247 e. The highest BCUT2D eigenvalue weighted by Crippen LogP contribution is 2.60. The van der Waals surface area contributed by atoms with Gasteiger partial charge in [0.05, 0.1) is 5.41 Å². The first-order valence-corrected chi connectivity index (χ1v) is 11.1. The largest absolute Gasteiger partial charge is 0.330 e. The fraction of sp³-hybridized carbons (Fsp3) is 0.667. The van der Waals surface area contributed by atoms with E-state index in [1.807, 2.05) is 30.9 Å². The predicted molar refractivity (Wildman–Crippen MR) is 110 cm³/mol. The fourth-order valence-electron chi connectivity index (χ4n) is 7.05. The Hall–Kier alpha value is -1.84. The van der Waals surface area contributed by atoms with Crippen LogP contribution in [0.25, 0.3) is 0 Å². The van der Waals surface area contributed by atoms with Crippen LogP contribution in [0, 0.1) is 37.0 Å². The number of aryl methyl sites for hydroxylation is 2. The molecule has 0 radical (unpaired) electrons. The highest BCUT2D eigenvalue weighted by molar-refractivity contribution is 5.99. The van der Waals surface area contributed by atoms with Crippen LogP contribution in [0.3, 0.4) is 0 Å². The fourth-order valence-corrected chi connectivity index (χ4v) is 7.05. The average Bonchev–Trinajstić information content (AvgIpc) is 3.12. The number of rotatable bonds is 3. The minimum absolute atomic E-state index is 0.00993. The number of likely N-dealkylation sites (tertiary alicyclic amines) is 1. The standard InChI is InChI=1S/C24H32N2O2/c1-15-5-6-16(2)20(8-15)25-22(27)21-4-3-7-26(21)23(28)24-12-17-9-18(13-24)11-19(10-17)14-24/h5-6,8,17-19,21H,3-4,7,9-14H2,1-2H3,(H,25,27)/t17?,18?,19?,21-,24?/m1/s1. The van der Waals surface area contributed by atoms with Crippen molar-refractivity contribution >= 4 is 17.5 Å². The Morgan fingerprint density at radius 1 is 1.04 bits per heavy atom. The molecule has 0 aromatic heterocycles. The van der Waals surface area contributed by atoms with Gasteiger partial charge in [0.2, 0.25) is 11.8 Å². The molecule has 2 amide bonds. The molecule has 4 nitrogen and oxygen atoms in total. The van der Waals surface area contributed by atoms with Crippen LogP contribution >= 0.6 is 0 Å². The van der Waals surface area contributed by atoms with Gasteiger partial charge in [-0.15, -0.1) is 0 Å². The molecule has 1 aliphatic heterocycles. The van der Waals surface area contributed by atoms with Gasteiger partial charge in [0.15, 0.2) is 0 Å². The summed E-state index contributed by atoms with van der Waals surface area (Å²) in [6, 6.07) is 5.81. The Kier molecular flexibility index (Phi) is 4.29. The van der Waals surface area contributed by atoms with E-state index < -0.39 is 0 Å². The summed E-state index contributed by atoms with van der Waals surface area (Å²) in [5.74, 6) is 2.54. The molecule has 1 heterocycles. The van der Waals surface area contributed by atoms with Crippen molar-refractivity contribution in [2.45, 2.75) is 71.3 Å². The van der Waals surface area contributed by atoms with Gasteiger partial charge in [-0.25, -0.2) is 0 Å². The summed E-state index contributed by atoms with van der Waals surface area (Å²) in [7, 11) is 0. The molecule has 1 atom stereocenters. The molecule has 4 saturated carbocycles. The lowest BCUT2D eigenvalue weighted by Gasteiger charge is -2.56. The SMILES string of the molecule is Cc1ccc(C)c(NC(=O)[C@H]2CCCN2C(=O)C23CC4CC(CC(C4)C2)C3)c1.